The largest absolute Gasteiger partial charge is 4.00 e. The van der Waals surface area contributed by atoms with Gasteiger partial charge < -0.3 is 37.2 Å². The van der Waals surface area contributed by atoms with E-state index in [9.17, 15) is 0 Å². The second-order valence-corrected chi connectivity index (χ2v) is 7.67. The number of halogens is 3. The van der Waals surface area contributed by atoms with E-state index in [1.54, 1.807) is 21.5 Å². The minimum atomic E-state index is -0.287. The van der Waals surface area contributed by atoms with E-state index < -0.39 is 0 Å². The standard InChI is InChI=1S/C18H25Si.3ClH.Ti/c1-4-9-15-12-17(14(3)5-2)18(13-15)19-16-10-7-6-8-11-16;;;;/h6-8,10-11,14H,4-5,9,13,19H2,1-3H3;3*1H;/q-1;;;;+4/p-3. The Hall–Kier alpha value is 0.501. The predicted octanol–water partition coefficient (Wildman–Crippen LogP) is -5.28. The average Bonchev–Trinajstić information content (AvgIpc) is 2.82. The second kappa shape index (κ2) is 14.8. The van der Waals surface area contributed by atoms with Crippen LogP contribution in [0.2, 0.25) is 0 Å². The Kier molecular flexibility index (Phi) is 18.2. The van der Waals surface area contributed by atoms with Crippen LogP contribution in [-0.4, -0.2) is 9.52 Å². The molecule has 0 spiro atoms. The Labute approximate surface area is 177 Å². The number of hydrogen-bond acceptors (Lipinski definition) is 0. The van der Waals surface area contributed by atoms with Gasteiger partial charge in [0.05, 0.1) is 0 Å². The van der Waals surface area contributed by atoms with Crippen molar-refractivity contribution < 1.29 is 58.9 Å². The molecule has 0 aliphatic heterocycles. The quantitative estimate of drug-likeness (QED) is 0.317. The van der Waals surface area contributed by atoms with Gasteiger partial charge in [0.1, 0.15) is 0 Å². The number of benzene rings is 1. The van der Waals surface area contributed by atoms with Gasteiger partial charge in [0, 0.05) is 0 Å². The van der Waals surface area contributed by atoms with E-state index in [4.69, 9.17) is 0 Å². The zero-order chi connectivity index (χ0) is 13.7. The van der Waals surface area contributed by atoms with E-state index in [1.165, 1.54) is 25.7 Å². The van der Waals surface area contributed by atoms with Crippen molar-refractivity contribution in [3.8, 4) is 0 Å². The molecule has 0 nitrogen and oxygen atoms in total. The Morgan fingerprint density at radius 3 is 2.22 bits per heavy atom. The maximum absolute atomic E-state index is 3.74. The van der Waals surface area contributed by atoms with Gasteiger partial charge in [-0.3, -0.25) is 0 Å². The molecule has 1 aliphatic rings. The minimum absolute atomic E-state index is 0. The van der Waals surface area contributed by atoms with Crippen molar-refractivity contribution in [3.05, 3.63) is 52.8 Å². The first kappa shape index (κ1) is 28.3. The van der Waals surface area contributed by atoms with Crippen LogP contribution >= 0.6 is 0 Å². The van der Waals surface area contributed by atoms with E-state index in [0.717, 1.165) is 0 Å². The summed E-state index contributed by atoms with van der Waals surface area (Å²) in [7, 11) is -0.287. The summed E-state index contributed by atoms with van der Waals surface area (Å²) in [4.78, 5) is 0. The molecule has 1 aromatic carbocycles. The summed E-state index contributed by atoms with van der Waals surface area (Å²) in [5.41, 5.74) is 3.11. The summed E-state index contributed by atoms with van der Waals surface area (Å²) in [6.45, 7) is 6.92. The van der Waals surface area contributed by atoms with Crippen LogP contribution < -0.4 is 42.4 Å². The van der Waals surface area contributed by atoms with E-state index in [0.29, 0.717) is 5.92 Å². The zero-order valence-electron chi connectivity index (χ0n) is 14.1. The van der Waals surface area contributed by atoms with Crippen molar-refractivity contribution in [2.24, 2.45) is 5.92 Å². The fourth-order valence-corrected chi connectivity index (χ4v) is 4.86. The average molecular weight is 424 g/mol. The molecule has 23 heavy (non-hydrogen) atoms. The molecule has 1 aromatic rings. The van der Waals surface area contributed by atoms with Gasteiger partial charge in [-0.25, -0.2) is 16.8 Å². The Balaban J connectivity index is -0.000001000. The summed E-state index contributed by atoms with van der Waals surface area (Å²) in [6.07, 6.45) is 8.67. The van der Waals surface area contributed by atoms with E-state index in [2.05, 4.69) is 57.2 Å². The van der Waals surface area contributed by atoms with Gasteiger partial charge in [0.25, 0.3) is 0 Å². The predicted molar refractivity (Wildman–Crippen MR) is 87.4 cm³/mol. The first-order valence-electron chi connectivity index (χ1n) is 7.62. The van der Waals surface area contributed by atoms with Gasteiger partial charge in [-0.05, 0) is 9.52 Å². The number of allylic oxidation sites excluding steroid dienone is 4. The third-order valence-corrected chi connectivity index (χ3v) is 5.97. The Bertz CT molecular complexity index is 486. The van der Waals surface area contributed by atoms with Crippen LogP contribution in [0.1, 0.15) is 46.5 Å². The number of rotatable bonds is 6. The van der Waals surface area contributed by atoms with Crippen LogP contribution in [-0.2, 0) is 21.7 Å². The van der Waals surface area contributed by atoms with Crippen molar-refractivity contribution >= 4 is 14.7 Å². The van der Waals surface area contributed by atoms with Crippen molar-refractivity contribution in [1.82, 2.24) is 0 Å². The smallest absolute Gasteiger partial charge is 1.00 e. The molecule has 0 N–H and O–H groups in total. The van der Waals surface area contributed by atoms with Gasteiger partial charge in [-0.1, -0.05) is 87.9 Å². The van der Waals surface area contributed by atoms with Crippen LogP contribution in [0, 0.1) is 12.0 Å². The first-order chi connectivity index (χ1) is 9.24. The molecule has 126 valence electrons. The van der Waals surface area contributed by atoms with E-state index >= 15 is 0 Å². The molecule has 0 saturated carbocycles. The molecule has 1 aliphatic carbocycles. The van der Waals surface area contributed by atoms with Gasteiger partial charge >= 0.3 is 21.7 Å². The van der Waals surface area contributed by atoms with Gasteiger partial charge in [-0.2, -0.15) is 5.57 Å². The Morgan fingerprint density at radius 1 is 1.09 bits per heavy atom. The third-order valence-electron chi connectivity index (χ3n) is 4.04. The van der Waals surface area contributed by atoms with Crippen LogP contribution in [0.4, 0.5) is 0 Å². The molecule has 0 bridgehead atoms. The van der Waals surface area contributed by atoms with Crippen molar-refractivity contribution in [2.45, 2.75) is 46.5 Å². The van der Waals surface area contributed by atoms with E-state index in [1.807, 2.05) is 0 Å². The molecular formula is C18H25Cl3SiTi. The SMILES string of the molecule is CCCC1=[C-]C(C(C)CC)=C([SiH2]c2ccccc2)C1.[Cl-].[Cl-].[Cl-].[Ti+4]. The fourth-order valence-electron chi connectivity index (χ4n) is 2.80. The number of hydrogen-bond donors (Lipinski definition) is 0. The van der Waals surface area contributed by atoms with Crippen molar-refractivity contribution in [2.75, 3.05) is 0 Å². The van der Waals surface area contributed by atoms with Gasteiger partial charge in [-0.15, -0.1) is 0 Å². The molecular weight excluding hydrogens is 399 g/mol. The molecule has 0 aromatic heterocycles. The molecule has 2 rings (SSSR count). The van der Waals surface area contributed by atoms with Crippen LogP contribution in [0.15, 0.2) is 46.7 Å². The van der Waals surface area contributed by atoms with Crippen LogP contribution in [0.5, 0.6) is 0 Å². The first-order valence-corrected chi connectivity index (χ1v) is 9.03. The van der Waals surface area contributed by atoms with Crippen molar-refractivity contribution in [1.29, 1.82) is 0 Å². The van der Waals surface area contributed by atoms with Gasteiger partial charge in [0.2, 0.25) is 0 Å². The summed E-state index contributed by atoms with van der Waals surface area (Å²) in [6, 6.07) is 11.1. The molecule has 0 radical (unpaired) electrons. The molecule has 1 atom stereocenters. The van der Waals surface area contributed by atoms with Crippen molar-refractivity contribution in [3.63, 3.8) is 0 Å². The maximum atomic E-state index is 3.74. The fraction of sp³-hybridized carbons (Fsp3) is 0.444. The summed E-state index contributed by atoms with van der Waals surface area (Å²) in [5, 5.41) is 3.31. The summed E-state index contributed by atoms with van der Waals surface area (Å²) in [5.74, 6) is 0.681. The Morgan fingerprint density at radius 2 is 1.70 bits per heavy atom. The second-order valence-electron chi connectivity index (χ2n) is 5.64. The monoisotopic (exact) mass is 422 g/mol. The molecule has 0 heterocycles. The normalized spacial score (nSPS) is 14.3. The zero-order valence-corrected chi connectivity index (χ0v) is 19.4. The van der Waals surface area contributed by atoms with E-state index in [-0.39, 0.29) is 68.5 Å². The molecule has 0 fully saturated rings. The maximum Gasteiger partial charge on any atom is 4.00 e. The summed E-state index contributed by atoms with van der Waals surface area (Å²) >= 11 is 0. The van der Waals surface area contributed by atoms with Gasteiger partial charge in [0.15, 0.2) is 0 Å². The molecule has 1 unspecified atom stereocenters. The molecule has 0 saturated heterocycles. The third kappa shape index (κ3) is 8.43. The van der Waals surface area contributed by atoms with Crippen LogP contribution in [0.25, 0.3) is 0 Å². The molecule has 5 heteroatoms. The van der Waals surface area contributed by atoms with Crippen LogP contribution in [0.3, 0.4) is 0 Å². The minimum Gasteiger partial charge on any atom is -1.00 e. The molecule has 0 amide bonds. The summed E-state index contributed by atoms with van der Waals surface area (Å²) < 4.78 is 0. The topological polar surface area (TPSA) is 0 Å².